The first kappa shape index (κ1) is 15.4. The largest absolute Gasteiger partial charge is 0.365 e. The monoisotopic (exact) mass is 295 g/mol. The molecule has 1 aromatic heterocycles. The van der Waals surface area contributed by atoms with E-state index in [9.17, 15) is 4.79 Å². The lowest BCUT2D eigenvalue weighted by atomic mass is 10.2. The van der Waals surface area contributed by atoms with Gasteiger partial charge in [-0.25, -0.2) is 9.97 Å². The van der Waals surface area contributed by atoms with Crippen molar-refractivity contribution in [1.82, 2.24) is 9.97 Å². The molecule has 112 valence electrons. The second-order valence-corrected chi connectivity index (χ2v) is 4.75. The zero-order chi connectivity index (χ0) is 15.8. The molecule has 0 radical (unpaired) electrons. The molecule has 1 heterocycles. The Kier molecular flexibility index (Phi) is 5.44. The minimum Gasteiger partial charge on any atom is -0.365 e. The van der Waals surface area contributed by atoms with E-state index in [1.807, 2.05) is 37.3 Å². The van der Waals surface area contributed by atoms with Crippen molar-refractivity contribution < 1.29 is 4.79 Å². The normalized spacial score (nSPS) is 9.82. The van der Waals surface area contributed by atoms with Gasteiger partial charge in [-0.05, 0) is 24.1 Å². The molecule has 2 N–H and O–H groups in total. The standard InChI is InChI=1S/C16H17N5O/c1-2-3-15(22)21-14-6-4-12(5-7-14)9-19-16-13(8-17)10-18-11-20-16/h4-7,10-11H,2-3,9H2,1H3,(H,21,22)(H,18,19,20). The molecule has 0 aliphatic rings. The Morgan fingerprint density at radius 1 is 1.32 bits per heavy atom. The lowest BCUT2D eigenvalue weighted by Crippen LogP contribution is -2.10. The van der Waals surface area contributed by atoms with Crippen molar-refractivity contribution in [3.8, 4) is 6.07 Å². The van der Waals surface area contributed by atoms with E-state index in [2.05, 4.69) is 20.6 Å². The molecule has 0 aliphatic heterocycles. The summed E-state index contributed by atoms with van der Waals surface area (Å²) >= 11 is 0. The van der Waals surface area contributed by atoms with Gasteiger partial charge in [-0.2, -0.15) is 5.26 Å². The maximum absolute atomic E-state index is 11.5. The molecule has 0 spiro atoms. The molecule has 0 saturated carbocycles. The van der Waals surface area contributed by atoms with E-state index in [4.69, 9.17) is 5.26 Å². The van der Waals surface area contributed by atoms with Crippen molar-refractivity contribution in [2.75, 3.05) is 10.6 Å². The second kappa shape index (κ2) is 7.74. The number of nitriles is 1. The number of nitrogens with one attached hydrogen (secondary N) is 2. The van der Waals surface area contributed by atoms with E-state index in [0.717, 1.165) is 17.7 Å². The maximum Gasteiger partial charge on any atom is 0.224 e. The maximum atomic E-state index is 11.5. The van der Waals surface area contributed by atoms with Gasteiger partial charge in [-0.15, -0.1) is 0 Å². The van der Waals surface area contributed by atoms with Crippen LogP contribution in [0.15, 0.2) is 36.8 Å². The molecule has 2 aromatic rings. The number of hydrogen-bond donors (Lipinski definition) is 2. The highest BCUT2D eigenvalue weighted by Gasteiger charge is 2.03. The Hall–Kier alpha value is -2.94. The lowest BCUT2D eigenvalue weighted by Gasteiger charge is -2.08. The molecule has 0 atom stereocenters. The minimum atomic E-state index is 0.0213. The van der Waals surface area contributed by atoms with E-state index in [-0.39, 0.29) is 5.91 Å². The van der Waals surface area contributed by atoms with Crippen molar-refractivity contribution in [3.63, 3.8) is 0 Å². The van der Waals surface area contributed by atoms with Crippen LogP contribution in [0, 0.1) is 11.3 Å². The summed E-state index contributed by atoms with van der Waals surface area (Å²) in [4.78, 5) is 19.4. The van der Waals surface area contributed by atoms with Crippen LogP contribution >= 0.6 is 0 Å². The third-order valence-electron chi connectivity index (χ3n) is 3.01. The second-order valence-electron chi connectivity index (χ2n) is 4.75. The van der Waals surface area contributed by atoms with E-state index < -0.39 is 0 Å². The van der Waals surface area contributed by atoms with E-state index in [1.165, 1.54) is 12.5 Å². The predicted octanol–water partition coefficient (Wildman–Crippen LogP) is 2.70. The van der Waals surface area contributed by atoms with Gasteiger partial charge in [-0.1, -0.05) is 19.1 Å². The first-order valence-electron chi connectivity index (χ1n) is 7.05. The molecule has 6 heteroatoms. The van der Waals surface area contributed by atoms with Crippen molar-refractivity contribution in [2.45, 2.75) is 26.3 Å². The number of hydrogen-bond acceptors (Lipinski definition) is 5. The first-order chi connectivity index (χ1) is 10.7. The quantitative estimate of drug-likeness (QED) is 0.855. The molecule has 0 saturated heterocycles. The minimum absolute atomic E-state index is 0.0213. The summed E-state index contributed by atoms with van der Waals surface area (Å²) in [6, 6.07) is 9.59. The van der Waals surface area contributed by atoms with Crippen LogP contribution in [0.3, 0.4) is 0 Å². The van der Waals surface area contributed by atoms with Gasteiger partial charge in [0.15, 0.2) is 0 Å². The molecule has 1 aromatic carbocycles. The SMILES string of the molecule is CCCC(=O)Nc1ccc(CNc2ncncc2C#N)cc1. The Morgan fingerprint density at radius 3 is 2.77 bits per heavy atom. The number of amides is 1. The van der Waals surface area contributed by atoms with Crippen molar-refractivity contribution >= 4 is 17.4 Å². The summed E-state index contributed by atoms with van der Waals surface area (Å²) in [5.74, 6) is 0.533. The van der Waals surface area contributed by atoms with Crippen LogP contribution in [0.2, 0.25) is 0 Å². The average Bonchev–Trinajstić information content (AvgIpc) is 2.54. The van der Waals surface area contributed by atoms with Crippen molar-refractivity contribution in [2.24, 2.45) is 0 Å². The molecular weight excluding hydrogens is 278 g/mol. The van der Waals surface area contributed by atoms with Crippen LogP contribution in [-0.4, -0.2) is 15.9 Å². The smallest absolute Gasteiger partial charge is 0.224 e. The first-order valence-corrected chi connectivity index (χ1v) is 7.05. The third kappa shape index (κ3) is 4.28. The topological polar surface area (TPSA) is 90.7 Å². The number of aromatic nitrogens is 2. The number of carbonyl (C=O) groups is 1. The molecular formula is C16H17N5O. The molecule has 2 rings (SSSR count). The molecule has 0 fully saturated rings. The van der Waals surface area contributed by atoms with Gasteiger partial charge in [0, 0.05) is 18.7 Å². The number of rotatable bonds is 6. The van der Waals surface area contributed by atoms with Crippen molar-refractivity contribution in [1.29, 1.82) is 5.26 Å². The Labute approximate surface area is 129 Å². The summed E-state index contributed by atoms with van der Waals surface area (Å²) < 4.78 is 0. The fourth-order valence-corrected chi connectivity index (χ4v) is 1.89. The highest BCUT2D eigenvalue weighted by atomic mass is 16.1. The van der Waals surface area contributed by atoms with Crippen molar-refractivity contribution in [3.05, 3.63) is 47.9 Å². The van der Waals surface area contributed by atoms with Crippen LogP contribution < -0.4 is 10.6 Å². The Balaban J connectivity index is 1.94. The van der Waals surface area contributed by atoms with Crippen LogP contribution in [-0.2, 0) is 11.3 Å². The lowest BCUT2D eigenvalue weighted by molar-refractivity contribution is -0.116. The van der Waals surface area contributed by atoms with Crippen LogP contribution in [0.1, 0.15) is 30.9 Å². The van der Waals surface area contributed by atoms with E-state index in [0.29, 0.717) is 24.3 Å². The van der Waals surface area contributed by atoms with Crippen LogP contribution in [0.25, 0.3) is 0 Å². The number of benzene rings is 1. The van der Waals surface area contributed by atoms with E-state index >= 15 is 0 Å². The predicted molar refractivity (Wildman–Crippen MR) is 84.1 cm³/mol. The average molecular weight is 295 g/mol. The molecule has 0 aliphatic carbocycles. The highest BCUT2D eigenvalue weighted by molar-refractivity contribution is 5.90. The van der Waals surface area contributed by atoms with Gasteiger partial charge in [0.05, 0.1) is 6.20 Å². The third-order valence-corrected chi connectivity index (χ3v) is 3.01. The molecule has 22 heavy (non-hydrogen) atoms. The fourth-order valence-electron chi connectivity index (χ4n) is 1.89. The summed E-state index contributed by atoms with van der Waals surface area (Å²) in [5, 5.41) is 14.9. The molecule has 0 unspecified atom stereocenters. The Bertz CT molecular complexity index is 676. The number of anilines is 2. The van der Waals surface area contributed by atoms with E-state index in [1.54, 1.807) is 0 Å². The van der Waals surface area contributed by atoms with Gasteiger partial charge >= 0.3 is 0 Å². The van der Waals surface area contributed by atoms with Gasteiger partial charge in [0.25, 0.3) is 0 Å². The van der Waals surface area contributed by atoms with Gasteiger partial charge < -0.3 is 10.6 Å². The summed E-state index contributed by atoms with van der Waals surface area (Å²) in [5.41, 5.74) is 2.21. The summed E-state index contributed by atoms with van der Waals surface area (Å²) in [6.07, 6.45) is 4.22. The Morgan fingerprint density at radius 2 is 2.09 bits per heavy atom. The van der Waals surface area contributed by atoms with Gasteiger partial charge in [0.2, 0.25) is 5.91 Å². The zero-order valence-electron chi connectivity index (χ0n) is 12.3. The number of nitrogens with zero attached hydrogens (tertiary/aromatic N) is 3. The highest BCUT2D eigenvalue weighted by Crippen LogP contribution is 2.13. The fraction of sp³-hybridized carbons (Fsp3) is 0.250. The molecule has 0 bridgehead atoms. The summed E-state index contributed by atoms with van der Waals surface area (Å²) in [7, 11) is 0. The molecule has 6 nitrogen and oxygen atoms in total. The summed E-state index contributed by atoms with van der Waals surface area (Å²) in [6.45, 7) is 2.51. The van der Waals surface area contributed by atoms with Gasteiger partial charge in [0.1, 0.15) is 23.8 Å². The zero-order valence-corrected chi connectivity index (χ0v) is 12.3. The van der Waals surface area contributed by atoms with Gasteiger partial charge in [-0.3, -0.25) is 4.79 Å². The molecule has 1 amide bonds. The van der Waals surface area contributed by atoms with Crippen LogP contribution in [0.5, 0.6) is 0 Å². The van der Waals surface area contributed by atoms with Crippen LogP contribution in [0.4, 0.5) is 11.5 Å². The number of carbonyl (C=O) groups excluding carboxylic acids is 1.